The Labute approximate surface area is 664 Å². The van der Waals surface area contributed by atoms with Gasteiger partial charge >= 0.3 is 31.4 Å². The minimum Gasteiger partial charge on any atom is -0.454 e. The molecule has 23 rings (SSSR count). The van der Waals surface area contributed by atoms with Gasteiger partial charge < -0.3 is 194 Å². The number of aromatic nitrogens is 2. The number of hydrogen-bond donors (Lipinski definition) is 22. The van der Waals surface area contributed by atoms with Crippen molar-refractivity contribution >= 4 is 55.0 Å². The summed E-state index contributed by atoms with van der Waals surface area (Å²) in [4.78, 5) is 64.0. The number of nitrogens with two attached hydrogens (primary N) is 1. The lowest BCUT2D eigenvalue weighted by Gasteiger charge is -2.50. The molecular weight excluding hydrogens is 1650 g/mol. The molecule has 14 bridgehead atoms. The molecule has 53 heteroatoms. The van der Waals surface area contributed by atoms with Crippen LogP contribution in [0.5, 0.6) is 0 Å². The Kier molecular flexibility index (Phi) is 34.4. The first-order chi connectivity index (χ1) is 55.1. The van der Waals surface area contributed by atoms with Gasteiger partial charge in [-0.25, -0.2) is 18.7 Å². The summed E-state index contributed by atoms with van der Waals surface area (Å²) in [7, 11) is -3.85. The van der Waals surface area contributed by atoms with E-state index in [0.717, 1.165) is 24.0 Å². The number of alkyl halides is 2. The Hall–Kier alpha value is -3.60. The van der Waals surface area contributed by atoms with E-state index in [9.17, 15) is 129 Å². The van der Waals surface area contributed by atoms with E-state index in [2.05, 4.69) is 29.4 Å². The molecule has 48 nitrogen and oxygen atoms in total. The van der Waals surface area contributed by atoms with E-state index in [-0.39, 0.29) is 23.1 Å². The molecule has 15 unspecified atom stereocenters. The fourth-order valence-corrected chi connectivity index (χ4v) is 16.4. The maximum absolute atomic E-state index is 14.9. The van der Waals surface area contributed by atoms with E-state index in [1.54, 1.807) is 6.92 Å². The molecule has 22 saturated heterocycles. The molecule has 1 aromatic heterocycles. The second kappa shape index (κ2) is 42.2. The molecule has 0 aliphatic carbocycles. The number of carbonyl (C=O) groups excluding carboxylic acids is 3. The number of halogens is 2. The van der Waals surface area contributed by atoms with Crippen molar-refractivity contribution in [1.82, 2.24) is 20.2 Å². The lowest BCUT2D eigenvalue weighted by Crippen LogP contribution is -2.68. The first kappa shape index (κ1) is 94.6. The van der Waals surface area contributed by atoms with Gasteiger partial charge in [0.1, 0.15) is 146 Å². The zero-order chi connectivity index (χ0) is 84.5. The van der Waals surface area contributed by atoms with E-state index >= 15 is 0 Å². The summed E-state index contributed by atoms with van der Waals surface area (Å²) >= 11 is 2.21. The van der Waals surface area contributed by atoms with Crippen LogP contribution in [0.3, 0.4) is 0 Å². The Morgan fingerprint density at radius 2 is 0.974 bits per heavy atom. The van der Waals surface area contributed by atoms with Crippen molar-refractivity contribution in [1.29, 1.82) is 0 Å². The fourth-order valence-electron chi connectivity index (χ4n) is 13.9. The highest BCUT2D eigenvalue weighted by atomic mass is 32.2. The number of rotatable bonds is 26. The number of hydrogen-bond acceptors (Lipinski definition) is 47. The van der Waals surface area contributed by atoms with E-state index in [1.165, 1.54) is 18.8 Å². The predicted molar refractivity (Wildman–Crippen MR) is 369 cm³/mol. The van der Waals surface area contributed by atoms with Crippen LogP contribution < -0.4 is 22.1 Å². The third kappa shape index (κ3) is 22.3. The standard InChI is InChI=1S/C63H100F2N5O43PS2/c1-3-115-19-33-51-41(84)46(89)60(107-33)112-50-30(14-75)104-58(44(87)39(50)82)110-48-28(12-73)102-56(42(85)37(48)80)100-25-9-22(76)54(99-24-8-23(77)55(101-26(24)10-71)109-47-27(11-72)103-57(43(86)38(47)81)111-49-29(13-74)105-59(113-51)45(88)40(49)83)106-32(25)18-116-17-21(67-2)53(91)68-6-4-35(78)95-16-36(79)96-20-98-114(93,94)97-15-31-52(90)63(64,65)61(108-31)70-7-5-34(66)69-62(70)92/h5,7,21-33,37-52,54-61,67,71-77,80-90H,3-4,6,8-20H2,1-2H3,(H,68,91)(H,93,94)(H2,66,69,92)/t21-,22?,23?,24+,25+,26?,27?,28?,29?,30?,31-,32?,33?,37-,38-,39-,40-,41-,42?,43?,44?,45?,46?,47-,48-,49-,50-,51-,52-,54-,55-,56-,57-,58+,59-,60-,61-/m1/s1. The number of anilines is 1. The smallest absolute Gasteiger partial charge is 0.454 e. The van der Waals surface area contributed by atoms with Crippen LogP contribution in [-0.4, -0.2) is 441 Å². The summed E-state index contributed by atoms with van der Waals surface area (Å²) in [5.74, 6) is -7.59. The second-order valence-corrected chi connectivity index (χ2v) is 31.9. The van der Waals surface area contributed by atoms with Crippen LogP contribution in [0.4, 0.5) is 14.6 Å². The number of nitrogen functional groups attached to an aromatic ring is 1. The zero-order valence-corrected chi connectivity index (χ0v) is 64.1. The molecule has 116 heavy (non-hydrogen) atoms. The molecular formula is C63H100F2N5O43PS2. The van der Waals surface area contributed by atoms with Crippen LogP contribution in [0.2, 0.25) is 0 Å². The van der Waals surface area contributed by atoms with Crippen LogP contribution in [0, 0.1) is 0 Å². The molecule has 0 saturated carbocycles. The molecule has 0 radical (unpaired) electrons. The topological polar surface area (TPSA) is 713 Å². The van der Waals surface area contributed by atoms with E-state index < -0.39 is 343 Å². The number of carbonyl (C=O) groups is 3. The summed E-state index contributed by atoms with van der Waals surface area (Å²) in [6, 6.07) is -0.0940. The van der Waals surface area contributed by atoms with Gasteiger partial charge in [-0.3, -0.25) is 18.7 Å². The van der Waals surface area contributed by atoms with Gasteiger partial charge in [0.25, 0.3) is 0 Å². The van der Waals surface area contributed by atoms with Crippen molar-refractivity contribution in [3.63, 3.8) is 0 Å². The van der Waals surface area contributed by atoms with Crippen molar-refractivity contribution in [2.75, 3.05) is 95.4 Å². The number of nitrogens with zero attached hydrogens (tertiary/aromatic N) is 2. The summed E-state index contributed by atoms with van der Waals surface area (Å²) < 4.78 is 150. The SMILES string of the molecule is CCSCC1O[C@@H]2O[C@@H]3C(CO)O[C@@H](O[C@@H]4C(CO)O[C@@H](O[C@H]5CC(O)[C@@H](OC5CSC[C@@H](NC)C(=O)NCCC(=O)OCC(=O)OCOP(=O)(O)OC[C@H]5O[C@@H](n6ccc(N)nc6=O)C(F)(F)[C@@H]5O)O[C@H]5CC(O)[C@H](OC5CO)O[C@@H]5C(CO)O[C@H](O[C@@H]6C(CO)O[C@H](O[C@H]1[C@H](O)C2O)C(O)[C@H]6O)C(O)[C@H]5O)C(O)[C@H]4O)C(O)[C@H]3O. The van der Waals surface area contributed by atoms with Crippen molar-refractivity contribution in [2.24, 2.45) is 0 Å². The number of esters is 2. The number of likely N-dealkylation sites (N-methyl/N-ethyl adjacent to an activating group) is 1. The van der Waals surface area contributed by atoms with Gasteiger partial charge in [0, 0.05) is 42.8 Å². The summed E-state index contributed by atoms with van der Waals surface area (Å²) in [6.07, 6.45) is -69.1. The van der Waals surface area contributed by atoms with Gasteiger partial charge in [0.15, 0.2) is 56.7 Å². The highest BCUT2D eigenvalue weighted by molar-refractivity contribution is 7.99. The van der Waals surface area contributed by atoms with Crippen molar-refractivity contribution in [2.45, 2.75) is 259 Å². The Morgan fingerprint density at radius 1 is 0.560 bits per heavy atom. The second-order valence-electron chi connectivity index (χ2n) is 28.0. The van der Waals surface area contributed by atoms with Crippen molar-refractivity contribution < 1.29 is 214 Å². The van der Waals surface area contributed by atoms with Crippen LogP contribution in [0.15, 0.2) is 17.1 Å². The zero-order valence-electron chi connectivity index (χ0n) is 61.6. The Balaban J connectivity index is 0.793. The third-order valence-electron chi connectivity index (χ3n) is 20.2. The largest absolute Gasteiger partial charge is 0.475 e. The van der Waals surface area contributed by atoms with Crippen LogP contribution >= 0.6 is 31.3 Å². The average Bonchev–Trinajstić information content (AvgIpc) is 1.43. The van der Waals surface area contributed by atoms with Crippen LogP contribution in [-0.2, 0) is 109 Å². The number of nitrogens with one attached hydrogen (secondary N) is 2. The normalized spacial score (nSPS) is 43.2. The minimum absolute atomic E-state index is 0.0634. The molecule has 0 spiro atoms. The van der Waals surface area contributed by atoms with Gasteiger partial charge in [-0.15, -0.1) is 0 Å². The number of ether oxygens (including phenoxy) is 17. The maximum Gasteiger partial charge on any atom is 0.475 e. The molecule has 38 atom stereocenters. The molecule has 0 aromatic carbocycles. The van der Waals surface area contributed by atoms with Crippen LogP contribution in [0.25, 0.3) is 0 Å². The maximum atomic E-state index is 14.9. The van der Waals surface area contributed by atoms with Crippen molar-refractivity contribution in [3.8, 4) is 0 Å². The fraction of sp³-hybridized carbons (Fsp3) is 0.889. The minimum atomic E-state index is -5.24. The summed E-state index contributed by atoms with van der Waals surface area (Å²) in [5.41, 5.74) is 4.12. The highest BCUT2D eigenvalue weighted by Gasteiger charge is 2.62. The molecule has 666 valence electrons. The number of amides is 1. The number of thioether (sulfide) groups is 2. The molecule has 22 aliphatic heterocycles. The highest BCUT2D eigenvalue weighted by Crippen LogP contribution is 2.48. The number of phosphoric acid groups is 1. The predicted octanol–water partition coefficient (Wildman–Crippen LogP) is -12.7. The molecule has 1 aromatic rings. The lowest BCUT2D eigenvalue weighted by atomic mass is 9.95. The van der Waals surface area contributed by atoms with Gasteiger partial charge in [-0.2, -0.15) is 37.3 Å². The number of aliphatic hydroxyl groups excluding tert-OH is 18. The summed E-state index contributed by atoms with van der Waals surface area (Å²) in [5, 5.41) is 208. The van der Waals surface area contributed by atoms with Crippen LogP contribution in [0.1, 0.15) is 32.4 Å². The average molecular weight is 1750 g/mol. The van der Waals surface area contributed by atoms with Gasteiger partial charge in [0.2, 0.25) is 18.9 Å². The first-order valence-corrected chi connectivity index (χ1v) is 40.4. The first-order valence-electron chi connectivity index (χ1n) is 36.6. The molecule has 23 N–H and O–H groups in total. The van der Waals surface area contributed by atoms with E-state index in [1.807, 2.05) is 0 Å². The Bertz CT molecular complexity index is 3400. The van der Waals surface area contributed by atoms with E-state index in [0.29, 0.717) is 10.3 Å². The third-order valence-corrected chi connectivity index (χ3v) is 23.2. The lowest BCUT2D eigenvalue weighted by molar-refractivity contribution is -0.393. The monoisotopic (exact) mass is 1750 g/mol. The number of phosphoric ester groups is 1. The summed E-state index contributed by atoms with van der Waals surface area (Å²) in [6.45, 7) is -7.28. The quantitative estimate of drug-likeness (QED) is 0.0233. The molecule has 23 heterocycles. The van der Waals surface area contributed by atoms with E-state index in [4.69, 9.17) is 81.5 Å². The van der Waals surface area contributed by atoms with Gasteiger partial charge in [0.05, 0.1) is 76.5 Å². The molecule has 22 aliphatic rings. The van der Waals surface area contributed by atoms with Crippen molar-refractivity contribution in [3.05, 3.63) is 22.7 Å². The van der Waals surface area contributed by atoms with Gasteiger partial charge in [-0.05, 0) is 18.9 Å². The molecule has 1 amide bonds. The Morgan fingerprint density at radius 3 is 1.44 bits per heavy atom. The number of aliphatic hydroxyl groups is 18. The molecule has 22 fully saturated rings. The van der Waals surface area contributed by atoms with Gasteiger partial charge in [-0.1, -0.05) is 6.92 Å².